The molecule has 0 amide bonds. The molecule has 0 aliphatic rings. The van der Waals surface area contributed by atoms with Crippen LogP contribution in [0.4, 0.5) is 5.82 Å². The van der Waals surface area contributed by atoms with Crippen molar-refractivity contribution in [2.75, 3.05) is 5.32 Å². The Morgan fingerprint density at radius 1 is 1.47 bits per heavy atom. The van der Waals surface area contributed by atoms with Gasteiger partial charge in [0, 0.05) is 7.05 Å². The zero-order valence-electron chi connectivity index (χ0n) is 8.18. The van der Waals surface area contributed by atoms with Crippen LogP contribution in [0.15, 0.2) is 29.1 Å². The molecule has 0 aromatic carbocycles. The van der Waals surface area contributed by atoms with Crippen LogP contribution in [0.25, 0.3) is 0 Å². The van der Waals surface area contributed by atoms with Crippen molar-refractivity contribution >= 4 is 21.7 Å². The molecule has 0 aliphatic heterocycles. The molecule has 0 spiro atoms. The molecule has 1 N–H and O–H groups in total. The number of aromatic nitrogens is 4. The van der Waals surface area contributed by atoms with Crippen LogP contribution in [0.5, 0.6) is 0 Å². The molecule has 0 saturated heterocycles. The number of nitrogens with one attached hydrogen (secondary N) is 1. The number of hydrogen-bond donors (Lipinski definition) is 1. The smallest absolute Gasteiger partial charge is 0.169 e. The van der Waals surface area contributed by atoms with E-state index in [1.165, 1.54) is 0 Å². The second kappa shape index (κ2) is 4.39. The minimum absolute atomic E-state index is 0.574. The van der Waals surface area contributed by atoms with Crippen LogP contribution in [0.1, 0.15) is 5.82 Å². The third-order valence-electron chi connectivity index (χ3n) is 1.79. The van der Waals surface area contributed by atoms with Crippen LogP contribution in [0, 0.1) is 0 Å². The maximum atomic E-state index is 4.24. The minimum atomic E-state index is 0.574. The Morgan fingerprint density at radius 3 is 3.00 bits per heavy atom. The number of nitrogens with zero attached hydrogens (tertiary/aromatic N) is 4. The lowest BCUT2D eigenvalue weighted by atomic mass is 10.4. The Hall–Kier alpha value is -1.43. The highest BCUT2D eigenvalue weighted by molar-refractivity contribution is 9.10. The van der Waals surface area contributed by atoms with E-state index in [9.17, 15) is 0 Å². The van der Waals surface area contributed by atoms with E-state index in [1.807, 2.05) is 25.2 Å². The zero-order valence-corrected chi connectivity index (χ0v) is 9.77. The van der Waals surface area contributed by atoms with Gasteiger partial charge in [0.1, 0.15) is 16.7 Å². The van der Waals surface area contributed by atoms with Crippen molar-refractivity contribution in [1.29, 1.82) is 0 Å². The summed E-state index contributed by atoms with van der Waals surface area (Å²) in [6.07, 6.45) is 1.67. The van der Waals surface area contributed by atoms with Gasteiger partial charge in [-0.2, -0.15) is 5.10 Å². The molecule has 2 heterocycles. The zero-order chi connectivity index (χ0) is 10.7. The molecule has 0 bridgehead atoms. The topological polar surface area (TPSA) is 55.6 Å². The fraction of sp³-hybridized carbons (Fsp3) is 0.222. The Kier molecular flexibility index (Phi) is 2.96. The summed E-state index contributed by atoms with van der Waals surface area (Å²) in [6, 6.07) is 5.70. The minimum Gasteiger partial charge on any atom is -0.363 e. The number of aryl methyl sites for hydroxylation is 1. The van der Waals surface area contributed by atoms with E-state index < -0.39 is 0 Å². The van der Waals surface area contributed by atoms with Gasteiger partial charge in [0.25, 0.3) is 0 Å². The van der Waals surface area contributed by atoms with Crippen LogP contribution < -0.4 is 5.32 Å². The van der Waals surface area contributed by atoms with Crippen molar-refractivity contribution in [3.63, 3.8) is 0 Å². The van der Waals surface area contributed by atoms with E-state index in [4.69, 9.17) is 0 Å². The van der Waals surface area contributed by atoms with E-state index in [-0.39, 0.29) is 0 Å². The van der Waals surface area contributed by atoms with Crippen molar-refractivity contribution in [2.45, 2.75) is 6.54 Å². The molecule has 2 aromatic rings. The second-order valence-corrected chi connectivity index (χ2v) is 3.85. The average Bonchev–Trinajstić information content (AvgIpc) is 2.62. The first-order valence-corrected chi connectivity index (χ1v) is 5.24. The van der Waals surface area contributed by atoms with Gasteiger partial charge in [-0.05, 0) is 28.1 Å². The van der Waals surface area contributed by atoms with Gasteiger partial charge in [0.15, 0.2) is 5.82 Å². The third kappa shape index (κ3) is 2.76. The average molecular weight is 268 g/mol. The SMILES string of the molecule is Cn1cnc(CNc2cccc(Br)n2)n1. The molecule has 0 aliphatic carbocycles. The number of pyridine rings is 1. The van der Waals surface area contributed by atoms with Crippen molar-refractivity contribution < 1.29 is 0 Å². The van der Waals surface area contributed by atoms with Gasteiger partial charge in [-0.25, -0.2) is 9.97 Å². The predicted molar refractivity (Wildman–Crippen MR) is 60.3 cm³/mol. The Labute approximate surface area is 95.7 Å². The standard InChI is InChI=1S/C9H10BrN5/c1-15-6-12-9(14-15)5-11-8-4-2-3-7(10)13-8/h2-4,6H,5H2,1H3,(H,11,13). The van der Waals surface area contributed by atoms with Crippen LogP contribution in [-0.2, 0) is 13.6 Å². The summed E-state index contributed by atoms with van der Waals surface area (Å²) in [4.78, 5) is 8.34. The molecule has 0 fully saturated rings. The summed E-state index contributed by atoms with van der Waals surface area (Å²) in [7, 11) is 1.84. The molecular formula is C9H10BrN5. The molecule has 0 radical (unpaired) electrons. The maximum Gasteiger partial charge on any atom is 0.169 e. The summed E-state index contributed by atoms with van der Waals surface area (Å²) in [5.74, 6) is 1.55. The molecule has 15 heavy (non-hydrogen) atoms. The molecular weight excluding hydrogens is 258 g/mol. The van der Waals surface area contributed by atoms with Crippen LogP contribution in [0.2, 0.25) is 0 Å². The van der Waals surface area contributed by atoms with Gasteiger partial charge in [-0.3, -0.25) is 4.68 Å². The van der Waals surface area contributed by atoms with E-state index in [1.54, 1.807) is 11.0 Å². The molecule has 5 nitrogen and oxygen atoms in total. The third-order valence-corrected chi connectivity index (χ3v) is 2.23. The number of anilines is 1. The Balaban J connectivity index is 1.99. The van der Waals surface area contributed by atoms with Crippen molar-refractivity contribution in [3.05, 3.63) is 35.0 Å². The van der Waals surface area contributed by atoms with Crippen molar-refractivity contribution in [1.82, 2.24) is 19.7 Å². The lowest BCUT2D eigenvalue weighted by molar-refractivity contribution is 0.747. The van der Waals surface area contributed by atoms with Gasteiger partial charge in [-0.1, -0.05) is 6.07 Å². The number of hydrogen-bond acceptors (Lipinski definition) is 4. The summed E-state index contributed by atoms with van der Waals surface area (Å²) in [6.45, 7) is 0.574. The summed E-state index contributed by atoms with van der Waals surface area (Å²) in [5, 5.41) is 7.29. The predicted octanol–water partition coefficient (Wildman–Crippen LogP) is 1.58. The molecule has 2 aromatic heterocycles. The number of halogens is 1. The van der Waals surface area contributed by atoms with Gasteiger partial charge < -0.3 is 5.32 Å². The van der Waals surface area contributed by atoms with Crippen LogP contribution in [0.3, 0.4) is 0 Å². The molecule has 0 saturated carbocycles. The van der Waals surface area contributed by atoms with Crippen molar-refractivity contribution in [3.8, 4) is 0 Å². The lowest BCUT2D eigenvalue weighted by Gasteiger charge is -2.02. The highest BCUT2D eigenvalue weighted by atomic mass is 79.9. The van der Waals surface area contributed by atoms with E-state index in [0.29, 0.717) is 6.54 Å². The number of rotatable bonds is 3. The maximum absolute atomic E-state index is 4.24. The molecule has 0 unspecified atom stereocenters. The fourth-order valence-corrected chi connectivity index (χ4v) is 1.48. The first-order chi connectivity index (χ1) is 7.24. The summed E-state index contributed by atoms with van der Waals surface area (Å²) < 4.78 is 2.48. The Morgan fingerprint density at radius 2 is 2.33 bits per heavy atom. The van der Waals surface area contributed by atoms with Gasteiger partial charge in [-0.15, -0.1) is 0 Å². The van der Waals surface area contributed by atoms with Crippen LogP contribution in [-0.4, -0.2) is 19.7 Å². The molecule has 0 atom stereocenters. The van der Waals surface area contributed by atoms with Crippen molar-refractivity contribution in [2.24, 2.45) is 7.05 Å². The van der Waals surface area contributed by atoms with E-state index in [2.05, 4.69) is 36.3 Å². The summed E-state index contributed by atoms with van der Waals surface area (Å²) >= 11 is 3.31. The monoisotopic (exact) mass is 267 g/mol. The first-order valence-electron chi connectivity index (χ1n) is 4.45. The first kappa shape index (κ1) is 10.1. The second-order valence-electron chi connectivity index (χ2n) is 3.03. The van der Waals surface area contributed by atoms with Crippen LogP contribution >= 0.6 is 15.9 Å². The van der Waals surface area contributed by atoms with E-state index >= 15 is 0 Å². The van der Waals surface area contributed by atoms with E-state index in [0.717, 1.165) is 16.2 Å². The highest BCUT2D eigenvalue weighted by Crippen LogP contribution is 2.10. The molecule has 6 heteroatoms. The lowest BCUT2D eigenvalue weighted by Crippen LogP contribution is -2.03. The van der Waals surface area contributed by atoms with Gasteiger partial charge >= 0.3 is 0 Å². The quantitative estimate of drug-likeness (QED) is 0.859. The highest BCUT2D eigenvalue weighted by Gasteiger charge is 1.99. The fourth-order valence-electron chi connectivity index (χ4n) is 1.14. The van der Waals surface area contributed by atoms with Gasteiger partial charge in [0.05, 0.1) is 6.54 Å². The summed E-state index contributed by atoms with van der Waals surface area (Å²) in [5.41, 5.74) is 0. The normalized spacial score (nSPS) is 10.3. The molecule has 2 rings (SSSR count). The van der Waals surface area contributed by atoms with Gasteiger partial charge in [0.2, 0.25) is 0 Å². The largest absolute Gasteiger partial charge is 0.363 e. The Bertz CT molecular complexity index is 453. The molecule has 78 valence electrons.